The second-order valence-electron chi connectivity index (χ2n) is 6.23. The fourth-order valence-electron chi connectivity index (χ4n) is 2.61. The van der Waals surface area contributed by atoms with E-state index in [0.717, 1.165) is 38.5 Å². The second-order valence-corrected chi connectivity index (χ2v) is 6.23. The van der Waals surface area contributed by atoms with Crippen LogP contribution in [-0.2, 0) is 9.59 Å². The number of carbonyl (C=O) groups is 2. The number of anilines is 1. The minimum absolute atomic E-state index is 0.00361. The highest BCUT2D eigenvalue weighted by Gasteiger charge is 2.24. The van der Waals surface area contributed by atoms with Crippen LogP contribution in [0.2, 0.25) is 0 Å². The molecule has 0 saturated heterocycles. The van der Waals surface area contributed by atoms with E-state index < -0.39 is 0 Å². The normalized spacial score (nSPS) is 12.0. The van der Waals surface area contributed by atoms with Gasteiger partial charge in [0, 0.05) is 18.5 Å². The number of aromatic nitrogens is 1. The maximum Gasteiger partial charge on any atom is 0.245 e. The Morgan fingerprint density at radius 3 is 2.50 bits per heavy atom. The lowest BCUT2D eigenvalue weighted by atomic mass is 9.97. The summed E-state index contributed by atoms with van der Waals surface area (Å²) < 4.78 is 4.94. The van der Waals surface area contributed by atoms with Crippen molar-refractivity contribution in [1.82, 2.24) is 10.1 Å². The number of nitrogens with zero attached hydrogens (tertiary/aromatic N) is 2. The van der Waals surface area contributed by atoms with E-state index in [-0.39, 0.29) is 24.3 Å². The smallest absolute Gasteiger partial charge is 0.245 e. The molecule has 1 atom stereocenters. The van der Waals surface area contributed by atoms with Gasteiger partial charge in [0.25, 0.3) is 0 Å². The van der Waals surface area contributed by atoms with Gasteiger partial charge in [-0.3, -0.25) is 9.59 Å². The number of hydrogen-bond donors (Lipinski definition) is 1. The molecule has 1 N–H and O–H groups in total. The van der Waals surface area contributed by atoms with Crippen LogP contribution in [0.3, 0.4) is 0 Å². The van der Waals surface area contributed by atoms with Crippen molar-refractivity contribution in [1.29, 1.82) is 0 Å². The topological polar surface area (TPSA) is 75.4 Å². The van der Waals surface area contributed by atoms with Crippen LogP contribution in [0, 0.1) is 12.8 Å². The molecule has 0 aliphatic carbocycles. The lowest BCUT2D eigenvalue weighted by molar-refractivity contribution is -0.138. The van der Waals surface area contributed by atoms with Gasteiger partial charge in [0.05, 0.1) is 6.54 Å². The minimum atomic E-state index is -0.238. The number of rotatable bonds is 11. The Morgan fingerprint density at radius 2 is 1.96 bits per heavy atom. The Balaban J connectivity index is 2.68. The Bertz CT molecular complexity index is 513. The molecule has 6 nitrogen and oxygen atoms in total. The summed E-state index contributed by atoms with van der Waals surface area (Å²) in [5, 5.41) is 6.44. The number of nitrogens with one attached hydrogen (secondary N) is 1. The van der Waals surface area contributed by atoms with Crippen LogP contribution in [-0.4, -0.2) is 35.0 Å². The molecule has 136 valence electrons. The zero-order valence-corrected chi connectivity index (χ0v) is 15.4. The van der Waals surface area contributed by atoms with Crippen molar-refractivity contribution in [2.45, 2.75) is 66.2 Å². The van der Waals surface area contributed by atoms with Gasteiger partial charge >= 0.3 is 0 Å². The fourth-order valence-corrected chi connectivity index (χ4v) is 2.61. The Morgan fingerprint density at radius 1 is 1.25 bits per heavy atom. The first kappa shape index (κ1) is 20.2. The monoisotopic (exact) mass is 337 g/mol. The van der Waals surface area contributed by atoms with Gasteiger partial charge in [-0.15, -0.1) is 0 Å². The molecular formula is C18H31N3O3. The van der Waals surface area contributed by atoms with Crippen LogP contribution in [0.25, 0.3) is 0 Å². The minimum Gasteiger partial charge on any atom is -0.360 e. The molecule has 0 aliphatic rings. The van der Waals surface area contributed by atoms with Crippen LogP contribution >= 0.6 is 0 Å². The first-order valence-electron chi connectivity index (χ1n) is 9.03. The van der Waals surface area contributed by atoms with Crippen molar-refractivity contribution < 1.29 is 14.1 Å². The third kappa shape index (κ3) is 6.72. The zero-order chi connectivity index (χ0) is 17.9. The van der Waals surface area contributed by atoms with E-state index in [1.807, 2.05) is 6.92 Å². The van der Waals surface area contributed by atoms with Crippen LogP contribution < -0.4 is 5.32 Å². The summed E-state index contributed by atoms with van der Waals surface area (Å²) in [4.78, 5) is 26.7. The molecule has 24 heavy (non-hydrogen) atoms. The maximum absolute atomic E-state index is 12.8. The fraction of sp³-hybridized carbons (Fsp3) is 0.722. The summed E-state index contributed by atoms with van der Waals surface area (Å²) in [6.07, 6.45) is 5.69. The molecule has 0 saturated carbocycles. The summed E-state index contributed by atoms with van der Waals surface area (Å²) in [7, 11) is 0. The quantitative estimate of drug-likeness (QED) is 0.667. The van der Waals surface area contributed by atoms with E-state index in [0.29, 0.717) is 18.1 Å². The molecule has 0 bridgehead atoms. The molecule has 0 fully saturated rings. The lowest BCUT2D eigenvalue weighted by Gasteiger charge is -2.26. The van der Waals surface area contributed by atoms with Crippen molar-refractivity contribution >= 4 is 17.6 Å². The molecule has 0 aromatic carbocycles. The molecular weight excluding hydrogens is 306 g/mol. The molecule has 1 aromatic rings. The lowest BCUT2D eigenvalue weighted by Crippen LogP contribution is -2.42. The Hall–Kier alpha value is -1.85. The third-order valence-electron chi connectivity index (χ3n) is 4.07. The molecule has 1 unspecified atom stereocenters. The molecule has 1 aromatic heterocycles. The molecule has 1 rings (SSSR count). The summed E-state index contributed by atoms with van der Waals surface area (Å²) in [5.74, 6) is 0.876. The van der Waals surface area contributed by atoms with Crippen molar-refractivity contribution in [2.75, 3.05) is 18.4 Å². The summed E-state index contributed by atoms with van der Waals surface area (Å²) >= 11 is 0. The van der Waals surface area contributed by atoms with E-state index in [9.17, 15) is 9.59 Å². The van der Waals surface area contributed by atoms with E-state index in [4.69, 9.17) is 4.52 Å². The predicted octanol–water partition coefficient (Wildman–Crippen LogP) is 3.77. The third-order valence-corrected chi connectivity index (χ3v) is 4.07. The maximum atomic E-state index is 12.8. The van der Waals surface area contributed by atoms with Gasteiger partial charge in [0.2, 0.25) is 11.8 Å². The molecule has 6 heteroatoms. The number of amides is 2. The van der Waals surface area contributed by atoms with Crippen molar-refractivity contribution in [3.05, 3.63) is 11.8 Å². The molecule has 0 spiro atoms. The van der Waals surface area contributed by atoms with Crippen molar-refractivity contribution in [3.63, 3.8) is 0 Å². The molecule has 0 aliphatic heterocycles. The van der Waals surface area contributed by atoms with E-state index >= 15 is 0 Å². The van der Waals surface area contributed by atoms with Gasteiger partial charge in [0.15, 0.2) is 5.82 Å². The first-order valence-corrected chi connectivity index (χ1v) is 9.03. The van der Waals surface area contributed by atoms with Gasteiger partial charge in [-0.05, 0) is 26.2 Å². The predicted molar refractivity (Wildman–Crippen MR) is 94.7 cm³/mol. The number of aryl methyl sites for hydroxylation is 1. The Kier molecular flexibility index (Phi) is 9.12. The summed E-state index contributed by atoms with van der Waals surface area (Å²) in [5.41, 5.74) is 0. The highest BCUT2D eigenvalue weighted by Crippen LogP contribution is 2.17. The highest BCUT2D eigenvalue weighted by atomic mass is 16.5. The number of unbranched alkanes of at least 4 members (excludes halogenated alkanes) is 2. The van der Waals surface area contributed by atoms with Crippen LogP contribution in [0.15, 0.2) is 10.6 Å². The molecule has 2 amide bonds. The standard InChI is InChI=1S/C18H31N3O3/c1-5-8-10-15(7-3)18(23)21(11-9-6-2)13-17(22)19-16-12-14(4)24-20-16/h12,15H,5-11,13H2,1-4H3,(H,19,20,22). The number of hydrogen-bond acceptors (Lipinski definition) is 4. The van der Waals surface area contributed by atoms with Crippen molar-refractivity contribution in [3.8, 4) is 0 Å². The largest absolute Gasteiger partial charge is 0.360 e. The van der Waals surface area contributed by atoms with Gasteiger partial charge in [-0.1, -0.05) is 45.2 Å². The average molecular weight is 337 g/mol. The van der Waals surface area contributed by atoms with Crippen molar-refractivity contribution in [2.24, 2.45) is 5.92 Å². The highest BCUT2D eigenvalue weighted by molar-refractivity contribution is 5.94. The van der Waals surface area contributed by atoms with E-state index in [1.165, 1.54) is 0 Å². The summed E-state index contributed by atoms with van der Waals surface area (Å²) in [6, 6.07) is 1.66. The zero-order valence-electron chi connectivity index (χ0n) is 15.4. The number of carbonyl (C=O) groups excluding carboxylic acids is 2. The molecule has 0 radical (unpaired) electrons. The van der Waals surface area contributed by atoms with Gasteiger partial charge in [-0.25, -0.2) is 0 Å². The van der Waals surface area contributed by atoms with Gasteiger partial charge in [0.1, 0.15) is 5.76 Å². The van der Waals surface area contributed by atoms with Gasteiger partial charge in [-0.2, -0.15) is 0 Å². The summed E-state index contributed by atoms with van der Waals surface area (Å²) in [6.45, 7) is 8.68. The van der Waals surface area contributed by atoms with Gasteiger partial charge < -0.3 is 14.7 Å². The van der Waals surface area contributed by atoms with Crippen LogP contribution in [0.4, 0.5) is 5.82 Å². The van der Waals surface area contributed by atoms with Crippen LogP contribution in [0.5, 0.6) is 0 Å². The van der Waals surface area contributed by atoms with E-state index in [2.05, 4.69) is 24.3 Å². The molecule has 1 heterocycles. The second kappa shape index (κ2) is 10.8. The first-order chi connectivity index (χ1) is 11.5. The SMILES string of the molecule is CCCCC(CC)C(=O)N(CCCC)CC(=O)Nc1cc(C)on1. The average Bonchev–Trinajstić information content (AvgIpc) is 2.96. The Labute approximate surface area is 145 Å². The van der Waals surface area contributed by atoms with E-state index in [1.54, 1.807) is 17.9 Å². The van der Waals surface area contributed by atoms with Crippen LogP contribution in [0.1, 0.15) is 65.1 Å².